The fourth-order valence-corrected chi connectivity index (χ4v) is 3.55. The van der Waals surface area contributed by atoms with Crippen LogP contribution in [0.3, 0.4) is 0 Å². The summed E-state index contributed by atoms with van der Waals surface area (Å²) in [6.45, 7) is 3.80. The molecule has 0 fully saturated rings. The molecule has 1 N–H and O–H groups in total. The molecular weight excluding hydrogens is 376 g/mol. The van der Waals surface area contributed by atoms with Crippen LogP contribution in [0.15, 0.2) is 48.5 Å². The Morgan fingerprint density at radius 1 is 1.11 bits per heavy atom. The maximum Gasteiger partial charge on any atom is 0.329 e. The molecule has 3 rings (SSSR count). The molecule has 1 amide bonds. The Labute approximate surface area is 167 Å². The molecule has 7 heteroatoms. The molecule has 28 heavy (non-hydrogen) atoms. The summed E-state index contributed by atoms with van der Waals surface area (Å²) in [5.74, 6) is -0.272. The van der Waals surface area contributed by atoms with E-state index < -0.39 is 12.0 Å². The number of nitrogens with one attached hydrogen (secondary N) is 1. The number of amides is 1. The zero-order valence-electron chi connectivity index (χ0n) is 16.0. The van der Waals surface area contributed by atoms with Gasteiger partial charge < -0.3 is 14.8 Å². The Bertz CT molecular complexity index is 933. The van der Waals surface area contributed by atoms with Gasteiger partial charge in [0.15, 0.2) is 0 Å². The van der Waals surface area contributed by atoms with Gasteiger partial charge in [0.2, 0.25) is 0 Å². The number of carbonyl (C=O) groups is 2. The summed E-state index contributed by atoms with van der Waals surface area (Å²) in [7, 11) is 1.56. The maximum atomic E-state index is 12.6. The molecule has 0 aliphatic heterocycles. The first-order chi connectivity index (χ1) is 13.5. The molecule has 2 aromatic carbocycles. The molecule has 1 aromatic heterocycles. The predicted molar refractivity (Wildman–Crippen MR) is 109 cm³/mol. The number of carbonyl (C=O) groups excluding carboxylic acids is 2. The van der Waals surface area contributed by atoms with Gasteiger partial charge in [-0.2, -0.15) is 0 Å². The van der Waals surface area contributed by atoms with Gasteiger partial charge in [-0.3, -0.25) is 4.79 Å². The number of nitrogens with zero attached hydrogens (tertiary/aromatic N) is 1. The molecule has 0 saturated heterocycles. The minimum atomic E-state index is -0.746. The van der Waals surface area contributed by atoms with Crippen LogP contribution < -0.4 is 10.1 Å². The lowest BCUT2D eigenvalue weighted by Gasteiger charge is -2.20. The molecule has 0 saturated carbocycles. The summed E-state index contributed by atoms with van der Waals surface area (Å²) in [5, 5.41) is 3.48. The third-order valence-corrected chi connectivity index (χ3v) is 5.25. The van der Waals surface area contributed by atoms with Gasteiger partial charge in [0, 0.05) is 5.56 Å². The van der Waals surface area contributed by atoms with Crippen LogP contribution in [0.2, 0.25) is 0 Å². The van der Waals surface area contributed by atoms with E-state index in [1.807, 2.05) is 38.1 Å². The SMILES string of the molecule is COc1ccc(C(=O)NC(C(=O)OCc2nc3ccccc3s2)C(C)C)cc1. The van der Waals surface area contributed by atoms with Crippen LogP contribution in [0.4, 0.5) is 0 Å². The van der Waals surface area contributed by atoms with Crippen LogP contribution in [0.25, 0.3) is 10.2 Å². The van der Waals surface area contributed by atoms with E-state index in [1.165, 1.54) is 11.3 Å². The second-order valence-corrected chi connectivity index (χ2v) is 7.72. The number of esters is 1. The average Bonchev–Trinajstić information content (AvgIpc) is 3.13. The van der Waals surface area contributed by atoms with Gasteiger partial charge in [-0.1, -0.05) is 26.0 Å². The second kappa shape index (κ2) is 8.84. The van der Waals surface area contributed by atoms with Crippen molar-refractivity contribution in [3.8, 4) is 5.75 Å². The maximum absolute atomic E-state index is 12.6. The first-order valence-electron chi connectivity index (χ1n) is 8.94. The molecule has 1 heterocycles. The number of rotatable bonds is 7. The van der Waals surface area contributed by atoms with Crippen LogP contribution in [0.5, 0.6) is 5.75 Å². The van der Waals surface area contributed by atoms with Crippen molar-refractivity contribution >= 4 is 33.4 Å². The fourth-order valence-electron chi connectivity index (χ4n) is 2.67. The summed E-state index contributed by atoms with van der Waals surface area (Å²) in [6.07, 6.45) is 0. The minimum absolute atomic E-state index is 0.0831. The van der Waals surface area contributed by atoms with Gasteiger partial charge in [-0.05, 0) is 42.3 Å². The Morgan fingerprint density at radius 2 is 1.82 bits per heavy atom. The van der Waals surface area contributed by atoms with Crippen molar-refractivity contribution in [2.24, 2.45) is 5.92 Å². The number of benzene rings is 2. The van der Waals surface area contributed by atoms with Crippen molar-refractivity contribution in [1.82, 2.24) is 10.3 Å². The number of ether oxygens (including phenoxy) is 2. The number of hydrogen-bond donors (Lipinski definition) is 1. The minimum Gasteiger partial charge on any atom is -0.497 e. The monoisotopic (exact) mass is 398 g/mol. The van der Waals surface area contributed by atoms with E-state index in [0.29, 0.717) is 11.3 Å². The van der Waals surface area contributed by atoms with Crippen LogP contribution in [0.1, 0.15) is 29.2 Å². The van der Waals surface area contributed by atoms with E-state index >= 15 is 0 Å². The van der Waals surface area contributed by atoms with E-state index in [1.54, 1.807) is 31.4 Å². The predicted octanol–water partition coefficient (Wildman–Crippen LogP) is 3.80. The summed E-state index contributed by atoms with van der Waals surface area (Å²) in [4.78, 5) is 29.5. The van der Waals surface area contributed by atoms with Crippen molar-refractivity contribution in [1.29, 1.82) is 0 Å². The lowest BCUT2D eigenvalue weighted by molar-refractivity contribution is -0.148. The first kappa shape index (κ1) is 19.8. The Balaban J connectivity index is 1.63. The Hall–Kier alpha value is -2.93. The molecule has 0 aliphatic carbocycles. The number of methoxy groups -OCH3 is 1. The van der Waals surface area contributed by atoms with Crippen LogP contribution in [-0.4, -0.2) is 30.0 Å². The summed E-state index contributed by atoms with van der Waals surface area (Å²) >= 11 is 1.49. The lowest BCUT2D eigenvalue weighted by atomic mass is 10.0. The summed E-state index contributed by atoms with van der Waals surface area (Å²) in [5.41, 5.74) is 1.33. The van der Waals surface area contributed by atoms with Gasteiger partial charge in [0.05, 0.1) is 17.3 Å². The van der Waals surface area contributed by atoms with Gasteiger partial charge in [0.1, 0.15) is 23.4 Å². The molecule has 3 aromatic rings. The van der Waals surface area contributed by atoms with E-state index in [0.717, 1.165) is 15.2 Å². The zero-order chi connectivity index (χ0) is 20.1. The quantitative estimate of drug-likeness (QED) is 0.613. The van der Waals surface area contributed by atoms with Crippen molar-refractivity contribution in [3.05, 3.63) is 59.1 Å². The van der Waals surface area contributed by atoms with Crippen LogP contribution >= 0.6 is 11.3 Å². The van der Waals surface area contributed by atoms with Crippen molar-refractivity contribution in [2.75, 3.05) is 7.11 Å². The summed E-state index contributed by atoms with van der Waals surface area (Å²) < 4.78 is 11.6. The highest BCUT2D eigenvalue weighted by molar-refractivity contribution is 7.18. The third kappa shape index (κ3) is 4.67. The third-order valence-electron chi connectivity index (χ3n) is 4.24. The zero-order valence-corrected chi connectivity index (χ0v) is 16.8. The van der Waals surface area contributed by atoms with E-state index in [2.05, 4.69) is 10.3 Å². The number of thiazole rings is 1. The Morgan fingerprint density at radius 3 is 2.46 bits per heavy atom. The topological polar surface area (TPSA) is 77.5 Å². The second-order valence-electron chi connectivity index (χ2n) is 6.61. The smallest absolute Gasteiger partial charge is 0.329 e. The van der Waals surface area contributed by atoms with Crippen LogP contribution in [0, 0.1) is 5.92 Å². The van der Waals surface area contributed by atoms with Gasteiger partial charge in [-0.15, -0.1) is 11.3 Å². The molecule has 1 unspecified atom stereocenters. The van der Waals surface area contributed by atoms with E-state index in [9.17, 15) is 9.59 Å². The van der Waals surface area contributed by atoms with Crippen molar-refractivity contribution in [3.63, 3.8) is 0 Å². The summed E-state index contributed by atoms with van der Waals surface area (Å²) in [6, 6.07) is 13.7. The number of para-hydroxylation sites is 1. The highest BCUT2D eigenvalue weighted by Crippen LogP contribution is 2.22. The van der Waals surface area contributed by atoms with Gasteiger partial charge in [0.25, 0.3) is 5.91 Å². The average molecular weight is 398 g/mol. The molecular formula is C21H22N2O4S. The van der Waals surface area contributed by atoms with Crippen molar-refractivity contribution < 1.29 is 19.1 Å². The van der Waals surface area contributed by atoms with Gasteiger partial charge in [-0.25, -0.2) is 9.78 Å². The number of fused-ring (bicyclic) bond motifs is 1. The molecule has 0 aliphatic rings. The standard InChI is InChI=1S/C21H22N2O4S/c1-13(2)19(23-20(24)14-8-10-15(26-3)11-9-14)21(25)27-12-18-22-16-6-4-5-7-17(16)28-18/h4-11,13,19H,12H2,1-3H3,(H,23,24). The normalized spacial score (nSPS) is 12.0. The highest BCUT2D eigenvalue weighted by atomic mass is 32.1. The molecule has 146 valence electrons. The molecule has 0 radical (unpaired) electrons. The first-order valence-corrected chi connectivity index (χ1v) is 9.75. The van der Waals surface area contributed by atoms with Gasteiger partial charge >= 0.3 is 5.97 Å². The molecule has 0 spiro atoms. The van der Waals surface area contributed by atoms with Crippen LogP contribution in [-0.2, 0) is 16.1 Å². The fraction of sp³-hybridized carbons (Fsp3) is 0.286. The lowest BCUT2D eigenvalue weighted by Crippen LogP contribution is -2.45. The molecule has 0 bridgehead atoms. The molecule has 1 atom stereocenters. The van der Waals surface area contributed by atoms with Crippen molar-refractivity contribution in [2.45, 2.75) is 26.5 Å². The number of aromatic nitrogens is 1. The highest BCUT2D eigenvalue weighted by Gasteiger charge is 2.26. The Kier molecular flexibility index (Phi) is 6.26. The van der Waals surface area contributed by atoms with E-state index in [4.69, 9.17) is 9.47 Å². The largest absolute Gasteiger partial charge is 0.497 e. The van der Waals surface area contributed by atoms with E-state index in [-0.39, 0.29) is 18.4 Å². The molecule has 6 nitrogen and oxygen atoms in total. The number of hydrogen-bond acceptors (Lipinski definition) is 6.